The summed E-state index contributed by atoms with van der Waals surface area (Å²) >= 11 is 0. The summed E-state index contributed by atoms with van der Waals surface area (Å²) in [6.07, 6.45) is 3.38. The number of aliphatic hydroxyl groups excluding tert-OH is 1. The second kappa shape index (κ2) is 5.65. The molecule has 2 rings (SSSR count). The maximum Gasteiger partial charge on any atom is 0.0942 e. The Kier molecular flexibility index (Phi) is 4.19. The van der Waals surface area contributed by atoms with Gasteiger partial charge in [-0.15, -0.1) is 0 Å². The van der Waals surface area contributed by atoms with Gasteiger partial charge in [-0.25, -0.2) is 0 Å². The molecule has 1 aliphatic rings. The van der Waals surface area contributed by atoms with Crippen LogP contribution in [0.4, 0.5) is 0 Å². The average Bonchev–Trinajstić information content (AvgIpc) is 3.19. The Morgan fingerprint density at radius 2 is 1.94 bits per heavy atom. The van der Waals surface area contributed by atoms with Crippen molar-refractivity contribution < 1.29 is 5.11 Å². The van der Waals surface area contributed by atoms with Crippen LogP contribution in [0, 0.1) is 0 Å². The lowest BCUT2D eigenvalue weighted by Gasteiger charge is -2.32. The zero-order valence-corrected chi connectivity index (χ0v) is 10.8. The molecule has 1 aromatic carbocycles. The highest BCUT2D eigenvalue weighted by molar-refractivity contribution is 5.18. The first-order chi connectivity index (χ1) is 8.24. The Morgan fingerprint density at radius 3 is 2.47 bits per heavy atom. The molecule has 0 amide bonds. The van der Waals surface area contributed by atoms with Gasteiger partial charge in [-0.1, -0.05) is 37.3 Å². The Labute approximate surface area is 104 Å². The minimum atomic E-state index is -0.372. The van der Waals surface area contributed by atoms with E-state index in [0.29, 0.717) is 6.04 Å². The summed E-state index contributed by atoms with van der Waals surface area (Å²) in [6.45, 7) is 5.44. The molecule has 0 aliphatic heterocycles. The van der Waals surface area contributed by atoms with E-state index >= 15 is 0 Å². The Morgan fingerprint density at radius 1 is 1.29 bits per heavy atom. The highest BCUT2D eigenvalue weighted by Crippen LogP contribution is 2.32. The summed E-state index contributed by atoms with van der Waals surface area (Å²) in [5, 5.41) is 10.4. The van der Waals surface area contributed by atoms with Gasteiger partial charge in [0.1, 0.15) is 0 Å². The second-order valence-electron chi connectivity index (χ2n) is 5.07. The molecule has 1 aromatic rings. The predicted molar refractivity (Wildman–Crippen MR) is 70.9 cm³/mol. The summed E-state index contributed by atoms with van der Waals surface area (Å²) in [5.74, 6) is 0. The molecule has 1 saturated carbocycles. The van der Waals surface area contributed by atoms with E-state index in [1.165, 1.54) is 12.8 Å². The molecule has 2 atom stereocenters. The van der Waals surface area contributed by atoms with Gasteiger partial charge in [0.2, 0.25) is 0 Å². The van der Waals surface area contributed by atoms with Crippen LogP contribution >= 0.6 is 0 Å². The lowest BCUT2D eigenvalue weighted by molar-refractivity contribution is 0.0528. The number of aliphatic hydroxyl groups is 1. The zero-order valence-electron chi connectivity index (χ0n) is 10.8. The fourth-order valence-electron chi connectivity index (χ4n) is 2.49. The van der Waals surface area contributed by atoms with E-state index < -0.39 is 0 Å². The Bertz CT molecular complexity index is 334. The first-order valence-corrected chi connectivity index (χ1v) is 6.72. The molecule has 1 fully saturated rings. The molecule has 1 N–H and O–H groups in total. The standard InChI is InChI=1S/C15H23NO/c1-3-11-16(14-9-10-14)12(2)15(17)13-7-5-4-6-8-13/h4-8,12,14-15,17H,3,9-11H2,1-2H3. The summed E-state index contributed by atoms with van der Waals surface area (Å²) in [6, 6.07) is 10.9. The quantitative estimate of drug-likeness (QED) is 0.816. The predicted octanol–water partition coefficient (Wildman–Crippen LogP) is 2.98. The summed E-state index contributed by atoms with van der Waals surface area (Å²) in [7, 11) is 0. The maximum absolute atomic E-state index is 10.4. The van der Waals surface area contributed by atoms with Crippen LogP contribution in [0.5, 0.6) is 0 Å². The molecular formula is C15H23NO. The lowest BCUT2D eigenvalue weighted by Crippen LogP contribution is -2.39. The summed E-state index contributed by atoms with van der Waals surface area (Å²) < 4.78 is 0. The van der Waals surface area contributed by atoms with E-state index in [9.17, 15) is 5.11 Å². The molecule has 0 saturated heterocycles. The van der Waals surface area contributed by atoms with E-state index in [2.05, 4.69) is 18.7 Å². The smallest absolute Gasteiger partial charge is 0.0942 e. The second-order valence-corrected chi connectivity index (χ2v) is 5.07. The van der Waals surface area contributed by atoms with Gasteiger partial charge in [0.05, 0.1) is 6.10 Å². The first-order valence-electron chi connectivity index (χ1n) is 6.72. The molecule has 2 heteroatoms. The van der Waals surface area contributed by atoms with Gasteiger partial charge >= 0.3 is 0 Å². The van der Waals surface area contributed by atoms with Crippen molar-refractivity contribution in [3.63, 3.8) is 0 Å². The third-order valence-corrected chi connectivity index (χ3v) is 3.62. The van der Waals surface area contributed by atoms with Gasteiger partial charge in [-0.3, -0.25) is 4.90 Å². The molecule has 0 aromatic heterocycles. The van der Waals surface area contributed by atoms with Gasteiger partial charge in [0, 0.05) is 12.1 Å². The first kappa shape index (κ1) is 12.6. The van der Waals surface area contributed by atoms with E-state index in [1.54, 1.807) is 0 Å². The third kappa shape index (κ3) is 3.08. The van der Waals surface area contributed by atoms with Crippen LogP contribution in [0.2, 0.25) is 0 Å². The Hall–Kier alpha value is -0.860. The van der Waals surface area contributed by atoms with Crippen molar-refractivity contribution in [3.8, 4) is 0 Å². The normalized spacial score (nSPS) is 19.3. The molecule has 94 valence electrons. The van der Waals surface area contributed by atoms with Gasteiger partial charge in [0.15, 0.2) is 0 Å². The van der Waals surface area contributed by atoms with Crippen LogP contribution in [0.25, 0.3) is 0 Å². The number of rotatable bonds is 6. The highest BCUT2D eigenvalue weighted by Gasteiger charge is 2.34. The van der Waals surface area contributed by atoms with Crippen LogP contribution in [0.15, 0.2) is 30.3 Å². The monoisotopic (exact) mass is 233 g/mol. The molecule has 0 radical (unpaired) electrons. The van der Waals surface area contributed by atoms with Crippen molar-refractivity contribution in [2.75, 3.05) is 6.54 Å². The summed E-state index contributed by atoms with van der Waals surface area (Å²) in [4.78, 5) is 2.47. The fraction of sp³-hybridized carbons (Fsp3) is 0.600. The highest BCUT2D eigenvalue weighted by atomic mass is 16.3. The Balaban J connectivity index is 2.04. The van der Waals surface area contributed by atoms with Crippen molar-refractivity contribution in [1.82, 2.24) is 4.90 Å². The lowest BCUT2D eigenvalue weighted by atomic mass is 10.0. The molecule has 0 heterocycles. The topological polar surface area (TPSA) is 23.5 Å². The number of nitrogens with zero attached hydrogens (tertiary/aromatic N) is 1. The van der Waals surface area contributed by atoms with Gasteiger partial charge < -0.3 is 5.11 Å². The minimum absolute atomic E-state index is 0.213. The minimum Gasteiger partial charge on any atom is -0.387 e. The zero-order chi connectivity index (χ0) is 12.3. The van der Waals surface area contributed by atoms with Gasteiger partial charge in [-0.2, -0.15) is 0 Å². The van der Waals surface area contributed by atoms with Gasteiger partial charge in [0.25, 0.3) is 0 Å². The fourth-order valence-corrected chi connectivity index (χ4v) is 2.49. The average molecular weight is 233 g/mol. The van der Waals surface area contributed by atoms with E-state index in [0.717, 1.165) is 18.5 Å². The van der Waals surface area contributed by atoms with Crippen molar-refractivity contribution in [1.29, 1.82) is 0 Å². The van der Waals surface area contributed by atoms with Crippen LogP contribution in [-0.4, -0.2) is 28.6 Å². The van der Waals surface area contributed by atoms with E-state index in [4.69, 9.17) is 0 Å². The summed E-state index contributed by atoms with van der Waals surface area (Å²) in [5.41, 5.74) is 1.03. The number of benzene rings is 1. The third-order valence-electron chi connectivity index (χ3n) is 3.62. The SMILES string of the molecule is CCCN(C1CC1)C(C)C(O)c1ccccc1. The number of hydrogen-bond acceptors (Lipinski definition) is 2. The van der Waals surface area contributed by atoms with Crippen LogP contribution < -0.4 is 0 Å². The largest absolute Gasteiger partial charge is 0.387 e. The molecule has 1 aliphatic carbocycles. The van der Waals surface area contributed by atoms with E-state index in [-0.39, 0.29) is 12.1 Å². The van der Waals surface area contributed by atoms with Crippen LogP contribution in [-0.2, 0) is 0 Å². The van der Waals surface area contributed by atoms with Crippen molar-refractivity contribution in [2.45, 2.75) is 51.3 Å². The molecule has 2 nitrogen and oxygen atoms in total. The van der Waals surface area contributed by atoms with Crippen molar-refractivity contribution in [2.24, 2.45) is 0 Å². The van der Waals surface area contributed by atoms with E-state index in [1.807, 2.05) is 30.3 Å². The number of hydrogen-bond donors (Lipinski definition) is 1. The van der Waals surface area contributed by atoms with Gasteiger partial charge in [-0.05, 0) is 38.3 Å². The maximum atomic E-state index is 10.4. The molecular weight excluding hydrogens is 210 g/mol. The molecule has 17 heavy (non-hydrogen) atoms. The molecule has 0 spiro atoms. The van der Waals surface area contributed by atoms with Crippen molar-refractivity contribution in [3.05, 3.63) is 35.9 Å². The van der Waals surface area contributed by atoms with Crippen LogP contribution in [0.1, 0.15) is 44.8 Å². The molecule has 2 unspecified atom stereocenters. The van der Waals surface area contributed by atoms with Crippen LogP contribution in [0.3, 0.4) is 0 Å². The molecule has 0 bridgehead atoms. The van der Waals surface area contributed by atoms with Crippen molar-refractivity contribution >= 4 is 0 Å².